The van der Waals surface area contributed by atoms with Crippen molar-refractivity contribution < 1.29 is 27.9 Å². The summed E-state index contributed by atoms with van der Waals surface area (Å²) in [5.41, 5.74) is 1.04. The number of ether oxygens (including phenoxy) is 1. The van der Waals surface area contributed by atoms with E-state index in [2.05, 4.69) is 0 Å². The van der Waals surface area contributed by atoms with Crippen molar-refractivity contribution >= 4 is 27.4 Å². The van der Waals surface area contributed by atoms with E-state index in [1.54, 1.807) is 49.4 Å². The number of phenols is 1. The first kappa shape index (κ1) is 19.9. The van der Waals surface area contributed by atoms with Gasteiger partial charge in [0.2, 0.25) is 0 Å². The van der Waals surface area contributed by atoms with Crippen molar-refractivity contribution in [3.05, 3.63) is 59.7 Å². The van der Waals surface area contributed by atoms with E-state index in [4.69, 9.17) is 4.74 Å². The van der Waals surface area contributed by atoms with Crippen LogP contribution in [0.25, 0.3) is 0 Å². The molecule has 1 heterocycles. The molecule has 2 aromatic carbocycles. The third kappa shape index (κ3) is 4.33. The van der Waals surface area contributed by atoms with Gasteiger partial charge in [0.05, 0.1) is 17.5 Å². The van der Waals surface area contributed by atoms with Gasteiger partial charge in [-0.2, -0.15) is 0 Å². The van der Waals surface area contributed by atoms with E-state index in [1.165, 1.54) is 11.0 Å². The number of rotatable bonds is 5. The molecule has 0 radical (unpaired) electrons. The first-order valence-electron chi connectivity index (χ1n) is 8.82. The molecule has 1 N–H and O–H groups in total. The molecule has 148 valence electrons. The molecule has 0 spiro atoms. The highest BCUT2D eigenvalue weighted by atomic mass is 32.2. The van der Waals surface area contributed by atoms with Gasteiger partial charge in [0.15, 0.2) is 16.4 Å². The smallest absolute Gasteiger partial charge is 0.342 e. The molecular weight excluding hydrogens is 382 g/mol. The Morgan fingerprint density at radius 1 is 1.14 bits per heavy atom. The Morgan fingerprint density at radius 3 is 2.50 bits per heavy atom. The van der Waals surface area contributed by atoms with Gasteiger partial charge in [0.1, 0.15) is 11.3 Å². The summed E-state index contributed by atoms with van der Waals surface area (Å²) in [6.07, 6.45) is 0.329. The van der Waals surface area contributed by atoms with Gasteiger partial charge in [0, 0.05) is 5.69 Å². The first-order valence-corrected chi connectivity index (χ1v) is 10.6. The Morgan fingerprint density at radius 2 is 1.86 bits per heavy atom. The first-order chi connectivity index (χ1) is 13.3. The molecule has 1 aliphatic heterocycles. The third-order valence-corrected chi connectivity index (χ3v) is 6.41. The van der Waals surface area contributed by atoms with Crippen molar-refractivity contribution in [3.63, 3.8) is 0 Å². The van der Waals surface area contributed by atoms with Gasteiger partial charge >= 0.3 is 5.97 Å². The SMILES string of the molecule is Cc1cccc(C(=O)OCC(=O)N(c2ccccc2)[C@H]2CCS(=O)(=O)C2)c1O. The number of carbonyl (C=O) groups excluding carboxylic acids is 2. The molecule has 2 aromatic rings. The number of hydrogen-bond donors (Lipinski definition) is 1. The molecule has 0 unspecified atom stereocenters. The normalized spacial score (nSPS) is 17.8. The Labute approximate surface area is 163 Å². The fourth-order valence-electron chi connectivity index (χ4n) is 3.22. The molecule has 1 saturated heterocycles. The zero-order valence-electron chi connectivity index (χ0n) is 15.4. The maximum absolute atomic E-state index is 12.8. The number of nitrogens with zero attached hydrogens (tertiary/aromatic N) is 1. The summed E-state index contributed by atoms with van der Waals surface area (Å²) in [4.78, 5) is 26.5. The number of hydrogen-bond acceptors (Lipinski definition) is 6. The van der Waals surface area contributed by atoms with Crippen LogP contribution < -0.4 is 4.90 Å². The second kappa shape index (κ2) is 8.02. The summed E-state index contributed by atoms with van der Waals surface area (Å²) >= 11 is 0. The van der Waals surface area contributed by atoms with Crippen molar-refractivity contribution in [2.24, 2.45) is 0 Å². The summed E-state index contributed by atoms with van der Waals surface area (Å²) in [6.45, 7) is 1.09. The van der Waals surface area contributed by atoms with Gasteiger partial charge in [-0.15, -0.1) is 0 Å². The Bertz CT molecular complexity index is 987. The Kier molecular flexibility index (Phi) is 5.69. The summed E-state index contributed by atoms with van der Waals surface area (Å²) in [6, 6.07) is 12.8. The van der Waals surface area contributed by atoms with Crippen LogP contribution >= 0.6 is 0 Å². The number of amides is 1. The highest BCUT2D eigenvalue weighted by Crippen LogP contribution is 2.25. The molecule has 3 rings (SSSR count). The van der Waals surface area contributed by atoms with E-state index in [0.717, 1.165) is 0 Å². The topological polar surface area (TPSA) is 101 Å². The Balaban J connectivity index is 1.77. The average molecular weight is 403 g/mol. The van der Waals surface area contributed by atoms with Crippen LogP contribution in [0.15, 0.2) is 48.5 Å². The molecule has 7 nitrogen and oxygen atoms in total. The fraction of sp³-hybridized carbons (Fsp3) is 0.300. The quantitative estimate of drug-likeness (QED) is 0.767. The highest BCUT2D eigenvalue weighted by Gasteiger charge is 2.35. The molecule has 1 atom stereocenters. The van der Waals surface area contributed by atoms with Gasteiger partial charge < -0.3 is 14.7 Å². The molecule has 0 aromatic heterocycles. The number of aryl methyl sites for hydroxylation is 1. The maximum Gasteiger partial charge on any atom is 0.342 e. The van der Waals surface area contributed by atoms with E-state index in [-0.39, 0.29) is 22.8 Å². The number of benzene rings is 2. The van der Waals surface area contributed by atoms with Gasteiger partial charge in [-0.3, -0.25) is 4.79 Å². The van der Waals surface area contributed by atoms with Crippen molar-refractivity contribution in [2.45, 2.75) is 19.4 Å². The predicted molar refractivity (Wildman–Crippen MR) is 104 cm³/mol. The lowest BCUT2D eigenvalue weighted by molar-refractivity contribution is -0.122. The average Bonchev–Trinajstić information content (AvgIpc) is 3.02. The van der Waals surface area contributed by atoms with Crippen molar-refractivity contribution in [1.29, 1.82) is 0 Å². The predicted octanol–water partition coefficient (Wildman–Crippen LogP) is 2.08. The number of carbonyl (C=O) groups is 2. The molecule has 8 heteroatoms. The van der Waals surface area contributed by atoms with E-state index in [1.807, 2.05) is 0 Å². The molecule has 28 heavy (non-hydrogen) atoms. The van der Waals surface area contributed by atoms with E-state index in [0.29, 0.717) is 17.7 Å². The number of esters is 1. The fourth-order valence-corrected chi connectivity index (χ4v) is 4.92. The van der Waals surface area contributed by atoms with Crippen LogP contribution in [-0.4, -0.2) is 49.6 Å². The van der Waals surface area contributed by atoms with Crippen LogP contribution in [-0.2, 0) is 19.4 Å². The largest absolute Gasteiger partial charge is 0.507 e. The minimum Gasteiger partial charge on any atom is -0.507 e. The van der Waals surface area contributed by atoms with E-state index >= 15 is 0 Å². The van der Waals surface area contributed by atoms with Crippen LogP contribution in [0.5, 0.6) is 5.75 Å². The molecule has 1 aliphatic rings. The summed E-state index contributed by atoms with van der Waals surface area (Å²) in [5, 5.41) is 9.99. The minimum absolute atomic E-state index is 0.0191. The summed E-state index contributed by atoms with van der Waals surface area (Å²) < 4.78 is 28.8. The monoisotopic (exact) mass is 403 g/mol. The van der Waals surface area contributed by atoms with Gasteiger partial charge in [0.25, 0.3) is 5.91 Å². The van der Waals surface area contributed by atoms with Crippen LogP contribution in [0.2, 0.25) is 0 Å². The van der Waals surface area contributed by atoms with Crippen LogP contribution in [0, 0.1) is 6.92 Å². The summed E-state index contributed by atoms with van der Waals surface area (Å²) in [5.74, 6) is -1.64. The van der Waals surface area contributed by atoms with Crippen molar-refractivity contribution in [1.82, 2.24) is 0 Å². The second-order valence-corrected chi connectivity index (χ2v) is 8.93. The Hall–Kier alpha value is -2.87. The lowest BCUT2D eigenvalue weighted by atomic mass is 10.1. The van der Waals surface area contributed by atoms with Gasteiger partial charge in [-0.05, 0) is 37.1 Å². The van der Waals surface area contributed by atoms with Crippen LogP contribution in [0.4, 0.5) is 5.69 Å². The van der Waals surface area contributed by atoms with Gasteiger partial charge in [-0.25, -0.2) is 13.2 Å². The number of phenolic OH excluding ortho intramolecular Hbond substituents is 1. The van der Waals surface area contributed by atoms with E-state index < -0.39 is 34.4 Å². The zero-order valence-corrected chi connectivity index (χ0v) is 16.2. The number of para-hydroxylation sites is 2. The molecule has 1 fully saturated rings. The van der Waals surface area contributed by atoms with Gasteiger partial charge in [-0.1, -0.05) is 30.3 Å². The second-order valence-electron chi connectivity index (χ2n) is 6.70. The van der Waals surface area contributed by atoms with Crippen LogP contribution in [0.3, 0.4) is 0 Å². The number of aromatic hydroxyl groups is 1. The molecule has 0 saturated carbocycles. The molecule has 0 bridgehead atoms. The van der Waals surface area contributed by atoms with Crippen molar-refractivity contribution in [2.75, 3.05) is 23.0 Å². The number of sulfone groups is 1. The van der Waals surface area contributed by atoms with Crippen LogP contribution in [0.1, 0.15) is 22.3 Å². The maximum atomic E-state index is 12.8. The molecular formula is C20H21NO6S. The van der Waals surface area contributed by atoms with E-state index in [9.17, 15) is 23.1 Å². The molecule has 1 amide bonds. The highest BCUT2D eigenvalue weighted by molar-refractivity contribution is 7.91. The standard InChI is InChI=1S/C20H21NO6S/c1-14-6-5-9-17(19(14)23)20(24)27-12-18(22)21(15-7-3-2-4-8-15)16-10-11-28(25,26)13-16/h2-9,16,23H,10-13H2,1H3/t16-/m0/s1. The zero-order chi connectivity index (χ0) is 20.3. The minimum atomic E-state index is -3.20. The summed E-state index contributed by atoms with van der Waals surface area (Å²) in [7, 11) is -3.20. The lowest BCUT2D eigenvalue weighted by Gasteiger charge is -2.28. The van der Waals surface area contributed by atoms with Crippen molar-refractivity contribution in [3.8, 4) is 5.75 Å². The molecule has 0 aliphatic carbocycles. The lowest BCUT2D eigenvalue weighted by Crippen LogP contribution is -2.43. The third-order valence-electron chi connectivity index (χ3n) is 4.66. The number of anilines is 1.